The van der Waals surface area contributed by atoms with Crippen LogP contribution >= 0.6 is 0 Å². The van der Waals surface area contributed by atoms with Crippen molar-refractivity contribution in [3.8, 4) is 0 Å². The molecular weight excluding hydrogens is 154 g/mol. The summed E-state index contributed by atoms with van der Waals surface area (Å²) in [4.78, 5) is 0. The van der Waals surface area contributed by atoms with Gasteiger partial charge in [0.1, 0.15) is 5.76 Å². The molecule has 3 nitrogen and oxygen atoms in total. The molecule has 0 bridgehead atoms. The molecule has 0 radical (unpaired) electrons. The molecule has 1 N–H and O–H groups in total. The molecule has 0 unspecified atom stereocenters. The molecule has 0 aromatic carbocycles. The minimum atomic E-state index is 0.0680. The van der Waals surface area contributed by atoms with Gasteiger partial charge >= 0.3 is 0 Å². The summed E-state index contributed by atoms with van der Waals surface area (Å²) in [5.41, 5.74) is 1.85. The van der Waals surface area contributed by atoms with Crippen molar-refractivity contribution in [2.24, 2.45) is 0 Å². The van der Waals surface area contributed by atoms with Crippen LogP contribution in [0.25, 0.3) is 0 Å². The SMILES string of the molecule is CCc1noc(C2CC2)c1CO. The number of hydrogen-bond acceptors (Lipinski definition) is 3. The highest BCUT2D eigenvalue weighted by molar-refractivity contribution is 5.27. The van der Waals surface area contributed by atoms with E-state index in [-0.39, 0.29) is 6.61 Å². The number of aliphatic hydroxyl groups excluding tert-OH is 1. The quantitative estimate of drug-likeness (QED) is 0.743. The van der Waals surface area contributed by atoms with Gasteiger partial charge < -0.3 is 9.63 Å². The fourth-order valence-electron chi connectivity index (χ4n) is 1.47. The van der Waals surface area contributed by atoms with Crippen LogP contribution in [0.15, 0.2) is 4.52 Å². The summed E-state index contributed by atoms with van der Waals surface area (Å²) in [5, 5.41) is 13.0. The largest absolute Gasteiger partial charge is 0.391 e. The molecule has 2 rings (SSSR count). The fraction of sp³-hybridized carbons (Fsp3) is 0.667. The maximum Gasteiger partial charge on any atom is 0.145 e. The Hall–Kier alpha value is -0.830. The number of rotatable bonds is 3. The minimum Gasteiger partial charge on any atom is -0.391 e. The van der Waals surface area contributed by atoms with E-state index in [0.717, 1.165) is 23.4 Å². The zero-order valence-corrected chi connectivity index (χ0v) is 7.21. The van der Waals surface area contributed by atoms with Crippen LogP contribution < -0.4 is 0 Å². The number of hydrogen-bond donors (Lipinski definition) is 1. The third kappa shape index (κ3) is 1.14. The lowest BCUT2D eigenvalue weighted by Crippen LogP contribution is -1.92. The Balaban J connectivity index is 2.33. The van der Waals surface area contributed by atoms with Crippen molar-refractivity contribution in [3.63, 3.8) is 0 Å². The Morgan fingerprint density at radius 2 is 2.33 bits per heavy atom. The van der Waals surface area contributed by atoms with Crippen LogP contribution in [0.2, 0.25) is 0 Å². The summed E-state index contributed by atoms with van der Waals surface area (Å²) in [5.74, 6) is 1.47. The maximum atomic E-state index is 9.10. The van der Waals surface area contributed by atoms with Crippen LogP contribution in [-0.2, 0) is 13.0 Å². The Bertz CT molecular complexity index is 276. The van der Waals surface area contributed by atoms with Crippen molar-refractivity contribution >= 4 is 0 Å². The number of aromatic nitrogens is 1. The van der Waals surface area contributed by atoms with Crippen LogP contribution in [0.5, 0.6) is 0 Å². The smallest absolute Gasteiger partial charge is 0.145 e. The molecule has 1 aliphatic rings. The molecule has 12 heavy (non-hydrogen) atoms. The normalized spacial score (nSPS) is 16.8. The number of nitrogens with zero attached hydrogens (tertiary/aromatic N) is 1. The third-order valence-electron chi connectivity index (χ3n) is 2.34. The lowest BCUT2D eigenvalue weighted by Gasteiger charge is -1.95. The molecule has 0 aliphatic heterocycles. The highest BCUT2D eigenvalue weighted by atomic mass is 16.5. The van der Waals surface area contributed by atoms with Crippen molar-refractivity contribution in [2.45, 2.75) is 38.7 Å². The topological polar surface area (TPSA) is 46.3 Å². The van der Waals surface area contributed by atoms with Crippen molar-refractivity contribution in [1.29, 1.82) is 0 Å². The van der Waals surface area contributed by atoms with Gasteiger partial charge in [-0.05, 0) is 19.3 Å². The molecule has 0 spiro atoms. The number of aryl methyl sites for hydroxylation is 1. The van der Waals surface area contributed by atoms with E-state index >= 15 is 0 Å². The van der Waals surface area contributed by atoms with Gasteiger partial charge in [0.2, 0.25) is 0 Å². The summed E-state index contributed by atoms with van der Waals surface area (Å²) in [6, 6.07) is 0. The maximum absolute atomic E-state index is 9.10. The summed E-state index contributed by atoms with van der Waals surface area (Å²) < 4.78 is 5.19. The van der Waals surface area contributed by atoms with E-state index in [2.05, 4.69) is 5.16 Å². The van der Waals surface area contributed by atoms with E-state index in [9.17, 15) is 0 Å². The van der Waals surface area contributed by atoms with Crippen LogP contribution in [-0.4, -0.2) is 10.3 Å². The minimum absolute atomic E-state index is 0.0680. The monoisotopic (exact) mass is 167 g/mol. The molecule has 3 heteroatoms. The molecule has 0 amide bonds. The predicted molar refractivity (Wildman–Crippen MR) is 43.8 cm³/mol. The van der Waals surface area contributed by atoms with Gasteiger partial charge in [-0.2, -0.15) is 0 Å². The van der Waals surface area contributed by atoms with Crippen molar-refractivity contribution in [1.82, 2.24) is 5.16 Å². The molecule has 1 aromatic heterocycles. The van der Waals surface area contributed by atoms with E-state index in [1.165, 1.54) is 12.8 Å². The van der Waals surface area contributed by atoms with Crippen LogP contribution in [0.1, 0.15) is 42.7 Å². The first-order valence-corrected chi connectivity index (χ1v) is 4.45. The second-order valence-corrected chi connectivity index (χ2v) is 3.26. The molecule has 1 aromatic rings. The summed E-state index contributed by atoms with van der Waals surface area (Å²) >= 11 is 0. The average molecular weight is 167 g/mol. The zero-order valence-electron chi connectivity index (χ0n) is 7.21. The summed E-state index contributed by atoms with van der Waals surface area (Å²) in [7, 11) is 0. The molecule has 1 fully saturated rings. The zero-order chi connectivity index (χ0) is 8.55. The van der Waals surface area contributed by atoms with Crippen molar-refractivity contribution in [3.05, 3.63) is 17.0 Å². The molecule has 0 atom stereocenters. The van der Waals surface area contributed by atoms with Crippen molar-refractivity contribution < 1.29 is 9.63 Å². The predicted octanol–water partition coefficient (Wildman–Crippen LogP) is 1.61. The second-order valence-electron chi connectivity index (χ2n) is 3.26. The first-order chi connectivity index (χ1) is 5.86. The Morgan fingerprint density at radius 3 is 2.83 bits per heavy atom. The van der Waals surface area contributed by atoms with Gasteiger partial charge in [0.15, 0.2) is 0 Å². The molecule has 66 valence electrons. The first-order valence-electron chi connectivity index (χ1n) is 4.45. The summed E-state index contributed by atoms with van der Waals surface area (Å²) in [6.07, 6.45) is 3.21. The highest BCUT2D eigenvalue weighted by Gasteiger charge is 2.31. The van der Waals surface area contributed by atoms with Gasteiger partial charge in [0, 0.05) is 11.5 Å². The third-order valence-corrected chi connectivity index (χ3v) is 2.34. The Morgan fingerprint density at radius 1 is 1.58 bits per heavy atom. The molecule has 1 saturated carbocycles. The van der Waals surface area contributed by atoms with Crippen LogP contribution in [0.3, 0.4) is 0 Å². The lowest BCUT2D eigenvalue weighted by atomic mass is 10.1. The van der Waals surface area contributed by atoms with Crippen molar-refractivity contribution in [2.75, 3.05) is 0 Å². The van der Waals surface area contributed by atoms with Gasteiger partial charge in [0.05, 0.1) is 12.3 Å². The van der Waals surface area contributed by atoms with E-state index in [1.54, 1.807) is 0 Å². The van der Waals surface area contributed by atoms with E-state index in [4.69, 9.17) is 9.63 Å². The number of aliphatic hydroxyl groups is 1. The molecule has 1 heterocycles. The standard InChI is InChI=1S/C9H13NO2/c1-2-8-7(5-11)9(12-10-8)6-3-4-6/h6,11H,2-5H2,1H3. The summed E-state index contributed by atoms with van der Waals surface area (Å²) in [6.45, 7) is 2.09. The Kier molecular flexibility index (Phi) is 1.89. The molecule has 1 aliphatic carbocycles. The van der Waals surface area contributed by atoms with Gasteiger partial charge in [-0.25, -0.2) is 0 Å². The fourth-order valence-corrected chi connectivity index (χ4v) is 1.47. The van der Waals surface area contributed by atoms with Crippen LogP contribution in [0, 0.1) is 0 Å². The molecular formula is C9H13NO2. The average Bonchev–Trinajstić information content (AvgIpc) is 2.85. The van der Waals surface area contributed by atoms with Gasteiger partial charge in [-0.15, -0.1) is 0 Å². The second kappa shape index (κ2) is 2.90. The van der Waals surface area contributed by atoms with Gasteiger partial charge in [0.25, 0.3) is 0 Å². The van der Waals surface area contributed by atoms with Gasteiger partial charge in [-0.1, -0.05) is 12.1 Å². The van der Waals surface area contributed by atoms with E-state index < -0.39 is 0 Å². The lowest BCUT2D eigenvalue weighted by molar-refractivity contribution is 0.276. The highest BCUT2D eigenvalue weighted by Crippen LogP contribution is 2.42. The Labute approximate surface area is 71.4 Å². The van der Waals surface area contributed by atoms with Gasteiger partial charge in [-0.3, -0.25) is 0 Å². The van der Waals surface area contributed by atoms with E-state index in [0.29, 0.717) is 5.92 Å². The van der Waals surface area contributed by atoms with E-state index in [1.807, 2.05) is 6.92 Å². The first kappa shape index (κ1) is 7.80. The van der Waals surface area contributed by atoms with Crippen LogP contribution in [0.4, 0.5) is 0 Å². The molecule has 0 saturated heterocycles.